The van der Waals surface area contributed by atoms with E-state index in [4.69, 9.17) is 17.3 Å². The Hall–Kier alpha value is -1.13. The molecule has 1 amide bonds. The van der Waals surface area contributed by atoms with Gasteiger partial charge in [0.1, 0.15) is 5.82 Å². The molecule has 1 aromatic heterocycles. The number of carbonyl (C=O) groups excluding carboxylic acids is 1. The molecule has 1 heterocycles. The maximum Gasteiger partial charge on any atom is 0.227 e. The molecule has 1 aliphatic carbocycles. The zero-order valence-electron chi connectivity index (χ0n) is 9.58. The quantitative estimate of drug-likeness (QED) is 0.869. The van der Waals surface area contributed by atoms with Gasteiger partial charge in [0.2, 0.25) is 5.91 Å². The molecule has 1 aromatic rings. The number of rotatable bonds is 3. The van der Waals surface area contributed by atoms with Crippen molar-refractivity contribution in [1.82, 2.24) is 4.98 Å². The van der Waals surface area contributed by atoms with Gasteiger partial charge in [-0.05, 0) is 25.0 Å². The fourth-order valence-electron chi connectivity index (χ4n) is 2.21. The van der Waals surface area contributed by atoms with Gasteiger partial charge in [0, 0.05) is 18.2 Å². The van der Waals surface area contributed by atoms with Crippen LogP contribution in [0.2, 0.25) is 5.02 Å². The molecule has 1 fully saturated rings. The van der Waals surface area contributed by atoms with Gasteiger partial charge in [-0.1, -0.05) is 24.4 Å². The van der Waals surface area contributed by atoms with Gasteiger partial charge in [0.25, 0.3) is 0 Å². The number of hydrogen-bond acceptors (Lipinski definition) is 3. The van der Waals surface area contributed by atoms with E-state index in [9.17, 15) is 4.79 Å². The Morgan fingerprint density at radius 2 is 2.18 bits per heavy atom. The van der Waals surface area contributed by atoms with E-state index in [1.807, 2.05) is 0 Å². The first-order valence-electron chi connectivity index (χ1n) is 5.78. The molecule has 0 bridgehead atoms. The van der Waals surface area contributed by atoms with E-state index in [0.717, 1.165) is 25.7 Å². The predicted octanol–water partition coefficient (Wildman–Crippen LogP) is 2.34. The molecule has 4 nitrogen and oxygen atoms in total. The molecule has 0 aromatic carbocycles. The molecule has 0 atom stereocenters. The lowest BCUT2D eigenvalue weighted by Gasteiger charge is -2.22. The van der Waals surface area contributed by atoms with Crippen molar-refractivity contribution in [3.63, 3.8) is 0 Å². The summed E-state index contributed by atoms with van der Waals surface area (Å²) in [4.78, 5) is 15.8. The summed E-state index contributed by atoms with van der Waals surface area (Å²) >= 11 is 5.71. The van der Waals surface area contributed by atoms with Crippen LogP contribution in [-0.2, 0) is 4.79 Å². The Morgan fingerprint density at radius 3 is 2.76 bits per heavy atom. The van der Waals surface area contributed by atoms with E-state index >= 15 is 0 Å². The molecule has 2 rings (SSSR count). The maximum absolute atomic E-state index is 11.8. The zero-order chi connectivity index (χ0) is 12.3. The van der Waals surface area contributed by atoms with Gasteiger partial charge in [-0.25, -0.2) is 4.98 Å². The summed E-state index contributed by atoms with van der Waals surface area (Å²) in [5, 5.41) is 3.28. The smallest absolute Gasteiger partial charge is 0.227 e. The standard InChI is InChI=1S/C12H16ClN3O/c13-9-3-4-10(15-8-9)16-11(17)7-12(14)5-1-2-6-12/h3-4,8H,1-2,5-7,14H2,(H,15,16,17). The average Bonchev–Trinajstić information content (AvgIpc) is 2.68. The van der Waals surface area contributed by atoms with Crippen molar-refractivity contribution in [3.8, 4) is 0 Å². The van der Waals surface area contributed by atoms with Crippen LogP contribution in [0.5, 0.6) is 0 Å². The van der Waals surface area contributed by atoms with Gasteiger partial charge in [-0.2, -0.15) is 0 Å². The molecule has 5 heteroatoms. The highest BCUT2D eigenvalue weighted by Crippen LogP contribution is 2.30. The molecule has 1 saturated carbocycles. The number of anilines is 1. The van der Waals surface area contributed by atoms with Crippen molar-refractivity contribution in [2.24, 2.45) is 5.73 Å². The molecule has 0 spiro atoms. The molecule has 1 aliphatic rings. The first-order chi connectivity index (χ1) is 8.07. The number of halogens is 1. The SMILES string of the molecule is NC1(CC(=O)Nc2ccc(Cl)cn2)CCCC1. The van der Waals surface area contributed by atoms with Crippen molar-refractivity contribution >= 4 is 23.3 Å². The van der Waals surface area contributed by atoms with Crippen LogP contribution in [0.25, 0.3) is 0 Å². The monoisotopic (exact) mass is 253 g/mol. The summed E-state index contributed by atoms with van der Waals surface area (Å²) in [6.07, 6.45) is 5.94. The topological polar surface area (TPSA) is 68.0 Å². The Kier molecular flexibility index (Phi) is 3.64. The van der Waals surface area contributed by atoms with E-state index in [1.54, 1.807) is 12.1 Å². The number of pyridine rings is 1. The molecule has 0 radical (unpaired) electrons. The summed E-state index contributed by atoms with van der Waals surface area (Å²) in [6, 6.07) is 3.37. The highest BCUT2D eigenvalue weighted by molar-refractivity contribution is 6.30. The van der Waals surface area contributed by atoms with Gasteiger partial charge in [0.15, 0.2) is 0 Å². The fraction of sp³-hybridized carbons (Fsp3) is 0.500. The van der Waals surface area contributed by atoms with Crippen molar-refractivity contribution in [3.05, 3.63) is 23.4 Å². The van der Waals surface area contributed by atoms with E-state index in [-0.39, 0.29) is 11.4 Å². The number of nitrogens with zero attached hydrogens (tertiary/aromatic N) is 1. The Bertz CT molecular complexity index is 399. The van der Waals surface area contributed by atoms with E-state index in [1.165, 1.54) is 6.20 Å². The van der Waals surface area contributed by atoms with Crippen LogP contribution in [-0.4, -0.2) is 16.4 Å². The zero-order valence-corrected chi connectivity index (χ0v) is 10.3. The van der Waals surface area contributed by atoms with E-state index in [0.29, 0.717) is 17.3 Å². The molecule has 17 heavy (non-hydrogen) atoms. The highest BCUT2D eigenvalue weighted by atomic mass is 35.5. The Balaban J connectivity index is 1.91. The van der Waals surface area contributed by atoms with E-state index < -0.39 is 0 Å². The van der Waals surface area contributed by atoms with Crippen LogP contribution < -0.4 is 11.1 Å². The number of aromatic nitrogens is 1. The lowest BCUT2D eigenvalue weighted by molar-refractivity contribution is -0.117. The lowest BCUT2D eigenvalue weighted by Crippen LogP contribution is -2.40. The van der Waals surface area contributed by atoms with Crippen LogP contribution in [0.15, 0.2) is 18.3 Å². The van der Waals surface area contributed by atoms with Crippen LogP contribution in [0.1, 0.15) is 32.1 Å². The van der Waals surface area contributed by atoms with Gasteiger partial charge < -0.3 is 11.1 Å². The second-order valence-corrected chi connectivity index (χ2v) is 5.09. The van der Waals surface area contributed by atoms with Crippen molar-refractivity contribution in [2.75, 3.05) is 5.32 Å². The van der Waals surface area contributed by atoms with Crippen molar-refractivity contribution in [2.45, 2.75) is 37.6 Å². The Morgan fingerprint density at radius 1 is 1.47 bits per heavy atom. The van der Waals surface area contributed by atoms with Crippen LogP contribution >= 0.6 is 11.6 Å². The molecule has 3 N–H and O–H groups in total. The third-order valence-corrected chi connectivity index (χ3v) is 3.33. The third-order valence-electron chi connectivity index (χ3n) is 3.11. The first-order valence-corrected chi connectivity index (χ1v) is 6.16. The van der Waals surface area contributed by atoms with Crippen molar-refractivity contribution < 1.29 is 4.79 Å². The summed E-state index contributed by atoms with van der Waals surface area (Å²) in [5.74, 6) is 0.435. The van der Waals surface area contributed by atoms with E-state index in [2.05, 4.69) is 10.3 Å². The van der Waals surface area contributed by atoms with Gasteiger partial charge in [-0.15, -0.1) is 0 Å². The normalized spacial score (nSPS) is 18.0. The number of nitrogens with two attached hydrogens (primary N) is 1. The van der Waals surface area contributed by atoms with Gasteiger partial charge >= 0.3 is 0 Å². The van der Waals surface area contributed by atoms with Gasteiger partial charge in [-0.3, -0.25) is 4.79 Å². The molecule has 0 saturated heterocycles. The van der Waals surface area contributed by atoms with Crippen LogP contribution in [0.3, 0.4) is 0 Å². The average molecular weight is 254 g/mol. The largest absolute Gasteiger partial charge is 0.325 e. The molecular formula is C12H16ClN3O. The molecular weight excluding hydrogens is 238 g/mol. The first kappa shape index (κ1) is 12.3. The minimum atomic E-state index is -0.323. The number of amides is 1. The second-order valence-electron chi connectivity index (χ2n) is 4.66. The number of carbonyl (C=O) groups is 1. The summed E-state index contributed by atoms with van der Waals surface area (Å²) in [7, 11) is 0. The lowest BCUT2D eigenvalue weighted by atomic mass is 9.94. The molecule has 92 valence electrons. The highest BCUT2D eigenvalue weighted by Gasteiger charge is 2.31. The fourth-order valence-corrected chi connectivity index (χ4v) is 2.32. The molecule has 0 aliphatic heterocycles. The molecule has 0 unspecified atom stereocenters. The van der Waals surface area contributed by atoms with Crippen LogP contribution in [0, 0.1) is 0 Å². The predicted molar refractivity (Wildman–Crippen MR) is 67.9 cm³/mol. The minimum absolute atomic E-state index is 0.0794. The summed E-state index contributed by atoms with van der Waals surface area (Å²) < 4.78 is 0. The number of nitrogens with one attached hydrogen (secondary N) is 1. The van der Waals surface area contributed by atoms with Crippen LogP contribution in [0.4, 0.5) is 5.82 Å². The summed E-state index contributed by atoms with van der Waals surface area (Å²) in [6.45, 7) is 0. The Labute approximate surface area is 106 Å². The van der Waals surface area contributed by atoms with Crippen molar-refractivity contribution in [1.29, 1.82) is 0 Å². The minimum Gasteiger partial charge on any atom is -0.325 e. The third kappa shape index (κ3) is 3.41. The number of hydrogen-bond donors (Lipinski definition) is 2. The maximum atomic E-state index is 11.8. The van der Waals surface area contributed by atoms with Gasteiger partial charge in [0.05, 0.1) is 5.02 Å². The summed E-state index contributed by atoms with van der Waals surface area (Å²) in [5.41, 5.74) is 5.81. The second kappa shape index (κ2) is 5.02.